The van der Waals surface area contributed by atoms with Crippen molar-refractivity contribution in [3.63, 3.8) is 0 Å². The fraction of sp³-hybridized carbons (Fsp3) is 0.783. The van der Waals surface area contributed by atoms with Gasteiger partial charge in [0.1, 0.15) is 18.1 Å². The van der Waals surface area contributed by atoms with Crippen molar-refractivity contribution in [1.29, 1.82) is 0 Å². The zero-order valence-corrected chi connectivity index (χ0v) is 18.3. The lowest BCUT2D eigenvalue weighted by Crippen LogP contribution is -2.49. The van der Waals surface area contributed by atoms with Crippen molar-refractivity contribution in [3.05, 3.63) is 23.7 Å². The van der Waals surface area contributed by atoms with Gasteiger partial charge < -0.3 is 24.1 Å². The zero-order chi connectivity index (χ0) is 20.8. The summed E-state index contributed by atoms with van der Waals surface area (Å²) in [6, 6.07) is 4.72. The normalized spacial score (nSPS) is 25.0. The molecule has 0 radical (unpaired) electrons. The number of piperidine rings is 2. The van der Waals surface area contributed by atoms with Gasteiger partial charge in [0, 0.05) is 45.3 Å². The van der Waals surface area contributed by atoms with Gasteiger partial charge >= 0.3 is 0 Å². The van der Waals surface area contributed by atoms with E-state index in [0.717, 1.165) is 76.5 Å². The lowest BCUT2D eigenvalue weighted by Gasteiger charge is -2.41. The standard InChI is InChI=1S/C23H37N3O4/c1-28-17-22-5-4-21(30-22)16-25-10-8-19(9-11-25)26-12-6-18(7-13-26)23(27)24-15-20-3-2-14-29-20/h4-5,18-20H,2-3,6-17H2,1H3,(H,24,27)/t20-/m1/s1. The molecule has 3 aliphatic heterocycles. The molecule has 3 fully saturated rings. The van der Waals surface area contributed by atoms with E-state index in [9.17, 15) is 4.79 Å². The molecule has 0 aromatic carbocycles. The number of amides is 1. The number of furan rings is 1. The predicted octanol–water partition coefficient (Wildman–Crippen LogP) is 2.40. The largest absolute Gasteiger partial charge is 0.462 e. The van der Waals surface area contributed by atoms with E-state index in [0.29, 0.717) is 19.2 Å². The Balaban J connectivity index is 1.14. The van der Waals surface area contributed by atoms with Crippen LogP contribution >= 0.6 is 0 Å². The van der Waals surface area contributed by atoms with Crippen LogP contribution < -0.4 is 5.32 Å². The second-order valence-electron chi connectivity index (χ2n) is 9.00. The molecule has 3 saturated heterocycles. The molecule has 4 rings (SSSR count). The molecule has 0 unspecified atom stereocenters. The molecule has 7 nitrogen and oxygen atoms in total. The molecule has 168 valence electrons. The first kappa shape index (κ1) is 21.8. The van der Waals surface area contributed by atoms with Crippen molar-refractivity contribution in [2.75, 3.05) is 46.4 Å². The molecule has 1 N–H and O–H groups in total. The average Bonchev–Trinajstić information content (AvgIpc) is 3.45. The van der Waals surface area contributed by atoms with Gasteiger partial charge in [0.05, 0.1) is 12.6 Å². The van der Waals surface area contributed by atoms with Crippen LogP contribution in [0.15, 0.2) is 16.5 Å². The van der Waals surface area contributed by atoms with Gasteiger partial charge in [-0.3, -0.25) is 9.69 Å². The Labute approximate surface area is 180 Å². The highest BCUT2D eigenvalue weighted by Crippen LogP contribution is 2.25. The summed E-state index contributed by atoms with van der Waals surface area (Å²) in [5, 5.41) is 3.12. The minimum absolute atomic E-state index is 0.169. The van der Waals surface area contributed by atoms with Crippen molar-refractivity contribution in [3.8, 4) is 0 Å². The van der Waals surface area contributed by atoms with Crippen LogP contribution in [0, 0.1) is 5.92 Å². The first-order valence-electron chi connectivity index (χ1n) is 11.6. The Hall–Kier alpha value is -1.41. The third kappa shape index (κ3) is 5.84. The first-order chi connectivity index (χ1) is 14.7. The molecule has 30 heavy (non-hydrogen) atoms. The molecule has 1 amide bonds. The van der Waals surface area contributed by atoms with E-state index in [1.54, 1.807) is 7.11 Å². The van der Waals surface area contributed by atoms with Crippen LogP contribution in [0.3, 0.4) is 0 Å². The maximum atomic E-state index is 12.5. The van der Waals surface area contributed by atoms with Crippen molar-refractivity contribution >= 4 is 5.91 Å². The third-order valence-electron chi connectivity index (χ3n) is 6.89. The van der Waals surface area contributed by atoms with Gasteiger partial charge in [0.25, 0.3) is 0 Å². The zero-order valence-electron chi connectivity index (χ0n) is 18.3. The van der Waals surface area contributed by atoms with Gasteiger partial charge in [-0.1, -0.05) is 0 Å². The van der Waals surface area contributed by atoms with Crippen LogP contribution in [0.25, 0.3) is 0 Å². The molecule has 0 spiro atoms. The highest BCUT2D eigenvalue weighted by Gasteiger charge is 2.31. The molecular weight excluding hydrogens is 382 g/mol. The van der Waals surface area contributed by atoms with Crippen molar-refractivity contribution < 1.29 is 18.7 Å². The molecule has 0 saturated carbocycles. The molecule has 4 heterocycles. The summed E-state index contributed by atoms with van der Waals surface area (Å²) in [5.41, 5.74) is 0. The van der Waals surface area contributed by atoms with E-state index in [1.807, 2.05) is 6.07 Å². The fourth-order valence-corrected chi connectivity index (χ4v) is 5.08. The van der Waals surface area contributed by atoms with Crippen molar-refractivity contribution in [2.24, 2.45) is 5.92 Å². The summed E-state index contributed by atoms with van der Waals surface area (Å²) in [5.74, 6) is 2.31. The van der Waals surface area contributed by atoms with Crippen molar-refractivity contribution in [2.45, 2.75) is 63.8 Å². The highest BCUT2D eigenvalue weighted by atomic mass is 16.5. The summed E-state index contributed by atoms with van der Waals surface area (Å²) >= 11 is 0. The van der Waals surface area contributed by atoms with Gasteiger partial charge in [-0.25, -0.2) is 0 Å². The summed E-state index contributed by atoms with van der Waals surface area (Å²) in [4.78, 5) is 17.6. The van der Waals surface area contributed by atoms with Crippen LogP contribution in [-0.2, 0) is 27.4 Å². The molecule has 0 aliphatic carbocycles. The van der Waals surface area contributed by atoms with E-state index in [4.69, 9.17) is 13.9 Å². The average molecular weight is 420 g/mol. The maximum Gasteiger partial charge on any atom is 0.223 e. The number of rotatable bonds is 8. The molecule has 1 atom stereocenters. The number of nitrogens with zero attached hydrogens (tertiary/aromatic N) is 2. The van der Waals surface area contributed by atoms with Gasteiger partial charge in [-0.05, 0) is 63.7 Å². The Bertz CT molecular complexity index is 657. The number of nitrogens with one attached hydrogen (secondary N) is 1. The van der Waals surface area contributed by atoms with Crippen LogP contribution in [0.4, 0.5) is 0 Å². The van der Waals surface area contributed by atoms with Gasteiger partial charge in [-0.15, -0.1) is 0 Å². The third-order valence-corrected chi connectivity index (χ3v) is 6.89. The molecule has 1 aromatic rings. The topological polar surface area (TPSA) is 67.2 Å². The fourth-order valence-electron chi connectivity index (χ4n) is 5.08. The van der Waals surface area contributed by atoms with E-state index in [2.05, 4.69) is 21.2 Å². The van der Waals surface area contributed by atoms with Crippen molar-refractivity contribution in [1.82, 2.24) is 15.1 Å². The van der Waals surface area contributed by atoms with Gasteiger partial charge in [0.2, 0.25) is 5.91 Å². The molecule has 0 bridgehead atoms. The Kier molecular flexibility index (Phi) is 7.82. The maximum absolute atomic E-state index is 12.5. The number of likely N-dealkylation sites (tertiary alicyclic amines) is 2. The Morgan fingerprint density at radius 3 is 2.57 bits per heavy atom. The lowest BCUT2D eigenvalue weighted by molar-refractivity contribution is -0.127. The van der Waals surface area contributed by atoms with E-state index in [-0.39, 0.29) is 17.9 Å². The summed E-state index contributed by atoms with van der Waals surface area (Å²) in [6.45, 7) is 7.23. The minimum Gasteiger partial charge on any atom is -0.462 e. The van der Waals surface area contributed by atoms with Gasteiger partial charge in [-0.2, -0.15) is 0 Å². The minimum atomic E-state index is 0.169. The Morgan fingerprint density at radius 1 is 1.10 bits per heavy atom. The summed E-state index contributed by atoms with van der Waals surface area (Å²) in [7, 11) is 1.69. The highest BCUT2D eigenvalue weighted by molar-refractivity contribution is 5.78. The molecule has 7 heteroatoms. The number of carbonyl (C=O) groups excluding carboxylic acids is 1. The van der Waals surface area contributed by atoms with Gasteiger partial charge in [0.15, 0.2) is 0 Å². The van der Waals surface area contributed by atoms with Crippen LogP contribution in [0.5, 0.6) is 0 Å². The van der Waals surface area contributed by atoms with Crippen LogP contribution in [-0.4, -0.2) is 74.3 Å². The first-order valence-corrected chi connectivity index (χ1v) is 11.6. The monoisotopic (exact) mass is 419 g/mol. The van der Waals surface area contributed by atoms with E-state index in [1.165, 1.54) is 12.8 Å². The lowest BCUT2D eigenvalue weighted by atomic mass is 9.92. The number of hydrogen-bond acceptors (Lipinski definition) is 6. The summed E-state index contributed by atoms with van der Waals surface area (Å²) in [6.07, 6.45) is 6.77. The summed E-state index contributed by atoms with van der Waals surface area (Å²) < 4.78 is 16.6. The van der Waals surface area contributed by atoms with E-state index >= 15 is 0 Å². The molecule has 1 aromatic heterocycles. The molecular formula is C23H37N3O4. The second-order valence-corrected chi connectivity index (χ2v) is 9.00. The Morgan fingerprint density at radius 2 is 1.87 bits per heavy atom. The van der Waals surface area contributed by atoms with Crippen LogP contribution in [0.2, 0.25) is 0 Å². The molecule has 3 aliphatic rings. The van der Waals surface area contributed by atoms with Crippen LogP contribution in [0.1, 0.15) is 50.0 Å². The predicted molar refractivity (Wildman–Crippen MR) is 114 cm³/mol. The van der Waals surface area contributed by atoms with E-state index < -0.39 is 0 Å². The number of ether oxygens (including phenoxy) is 2. The quantitative estimate of drug-likeness (QED) is 0.698. The second kappa shape index (κ2) is 10.8. The SMILES string of the molecule is COCc1ccc(CN2CCC(N3CCC(C(=O)NC[C@H]4CCCO4)CC3)CC2)o1. The smallest absolute Gasteiger partial charge is 0.223 e. The number of methoxy groups -OCH3 is 1. The number of hydrogen-bond donors (Lipinski definition) is 1. The number of carbonyl (C=O) groups is 1.